The van der Waals surface area contributed by atoms with E-state index in [1.165, 1.54) is 0 Å². The predicted molar refractivity (Wildman–Crippen MR) is 116 cm³/mol. The van der Waals surface area contributed by atoms with Crippen molar-refractivity contribution < 1.29 is 19.1 Å². The number of ether oxygens (including phenoxy) is 2. The molecule has 0 aliphatic carbocycles. The normalized spacial score (nSPS) is 10.3. The summed E-state index contributed by atoms with van der Waals surface area (Å²) < 4.78 is 10.4. The second kappa shape index (κ2) is 10.8. The van der Waals surface area contributed by atoms with Crippen molar-refractivity contribution in [3.05, 3.63) is 95.6 Å². The number of benzene rings is 3. The second-order valence-electron chi connectivity index (χ2n) is 6.57. The van der Waals surface area contributed by atoms with Crippen LogP contribution in [0.15, 0.2) is 78.9 Å². The molecule has 3 aromatic carbocycles. The van der Waals surface area contributed by atoms with E-state index in [0.29, 0.717) is 42.3 Å². The molecule has 6 heteroatoms. The monoisotopic (exact) mass is 404 g/mol. The van der Waals surface area contributed by atoms with Gasteiger partial charge in [0.2, 0.25) is 0 Å². The SMILES string of the molecule is COCCOc1ccc(C(=O)Nc2cccc(C(=O)NCc3ccccc3)c2)cc1. The van der Waals surface area contributed by atoms with Crippen molar-refractivity contribution in [3.8, 4) is 5.75 Å². The second-order valence-corrected chi connectivity index (χ2v) is 6.57. The van der Waals surface area contributed by atoms with Crippen LogP contribution < -0.4 is 15.4 Å². The van der Waals surface area contributed by atoms with Crippen molar-refractivity contribution in [2.75, 3.05) is 25.6 Å². The van der Waals surface area contributed by atoms with Crippen LogP contribution in [0, 0.1) is 0 Å². The molecule has 0 fully saturated rings. The maximum Gasteiger partial charge on any atom is 0.255 e. The van der Waals surface area contributed by atoms with Gasteiger partial charge in [-0.2, -0.15) is 0 Å². The zero-order valence-corrected chi connectivity index (χ0v) is 16.8. The molecule has 0 aliphatic heterocycles. The van der Waals surface area contributed by atoms with Gasteiger partial charge in [-0.05, 0) is 48.0 Å². The fourth-order valence-corrected chi connectivity index (χ4v) is 2.77. The van der Waals surface area contributed by atoms with E-state index in [1.54, 1.807) is 55.6 Å². The van der Waals surface area contributed by atoms with Gasteiger partial charge in [-0.1, -0.05) is 36.4 Å². The Hall–Kier alpha value is -3.64. The lowest BCUT2D eigenvalue weighted by molar-refractivity contribution is 0.0949. The largest absolute Gasteiger partial charge is 0.491 e. The highest BCUT2D eigenvalue weighted by molar-refractivity contribution is 6.05. The van der Waals surface area contributed by atoms with E-state index >= 15 is 0 Å². The highest BCUT2D eigenvalue weighted by Gasteiger charge is 2.10. The van der Waals surface area contributed by atoms with Gasteiger partial charge in [0.25, 0.3) is 11.8 Å². The Kier molecular flexibility index (Phi) is 7.58. The standard InChI is InChI=1S/C24H24N2O4/c1-29-14-15-30-22-12-10-19(11-13-22)24(28)26-21-9-5-8-20(16-21)23(27)25-17-18-6-3-2-4-7-18/h2-13,16H,14-15,17H2,1H3,(H,25,27)(H,26,28). The first kappa shape index (κ1) is 21.1. The van der Waals surface area contributed by atoms with Crippen LogP contribution in [0.3, 0.4) is 0 Å². The van der Waals surface area contributed by atoms with Gasteiger partial charge in [0, 0.05) is 30.5 Å². The lowest BCUT2D eigenvalue weighted by atomic mass is 10.1. The van der Waals surface area contributed by atoms with Crippen LogP contribution in [0.5, 0.6) is 5.75 Å². The molecular weight excluding hydrogens is 380 g/mol. The van der Waals surface area contributed by atoms with E-state index in [4.69, 9.17) is 9.47 Å². The van der Waals surface area contributed by atoms with E-state index in [0.717, 1.165) is 5.56 Å². The third kappa shape index (κ3) is 6.18. The van der Waals surface area contributed by atoms with Crippen molar-refractivity contribution in [1.82, 2.24) is 5.32 Å². The maximum absolute atomic E-state index is 12.5. The quantitative estimate of drug-likeness (QED) is 0.531. The first-order chi connectivity index (χ1) is 14.7. The topological polar surface area (TPSA) is 76.7 Å². The molecule has 6 nitrogen and oxygen atoms in total. The van der Waals surface area contributed by atoms with Crippen LogP contribution in [0.25, 0.3) is 0 Å². The number of hydrogen-bond donors (Lipinski definition) is 2. The van der Waals surface area contributed by atoms with Gasteiger partial charge >= 0.3 is 0 Å². The molecule has 0 saturated heterocycles. The van der Waals surface area contributed by atoms with Gasteiger partial charge < -0.3 is 20.1 Å². The van der Waals surface area contributed by atoms with E-state index in [2.05, 4.69) is 10.6 Å². The minimum absolute atomic E-state index is 0.201. The van der Waals surface area contributed by atoms with Crippen molar-refractivity contribution in [1.29, 1.82) is 0 Å². The van der Waals surface area contributed by atoms with Gasteiger partial charge in [0.1, 0.15) is 12.4 Å². The molecule has 0 bridgehead atoms. The lowest BCUT2D eigenvalue weighted by Gasteiger charge is -2.09. The Bertz CT molecular complexity index is 972. The number of hydrogen-bond acceptors (Lipinski definition) is 4. The van der Waals surface area contributed by atoms with E-state index in [9.17, 15) is 9.59 Å². The minimum atomic E-state index is -0.264. The summed E-state index contributed by atoms with van der Waals surface area (Å²) in [6.07, 6.45) is 0. The number of amides is 2. The molecule has 0 unspecified atom stereocenters. The van der Waals surface area contributed by atoms with Gasteiger partial charge in [0.15, 0.2) is 0 Å². The highest BCUT2D eigenvalue weighted by atomic mass is 16.5. The Morgan fingerprint density at radius 1 is 0.800 bits per heavy atom. The summed E-state index contributed by atoms with van der Waals surface area (Å²) in [6.45, 7) is 1.38. The number of methoxy groups -OCH3 is 1. The van der Waals surface area contributed by atoms with Gasteiger partial charge in [0.05, 0.1) is 6.61 Å². The average molecular weight is 404 g/mol. The molecule has 0 saturated carbocycles. The lowest BCUT2D eigenvalue weighted by Crippen LogP contribution is -2.23. The highest BCUT2D eigenvalue weighted by Crippen LogP contribution is 2.16. The number of rotatable bonds is 9. The van der Waals surface area contributed by atoms with Crippen molar-refractivity contribution in [2.45, 2.75) is 6.54 Å². The van der Waals surface area contributed by atoms with Crippen molar-refractivity contribution in [3.63, 3.8) is 0 Å². The molecule has 0 aromatic heterocycles. The molecule has 0 aliphatic rings. The molecule has 2 amide bonds. The maximum atomic E-state index is 12.5. The van der Waals surface area contributed by atoms with Gasteiger partial charge in [-0.25, -0.2) is 0 Å². The molecule has 0 atom stereocenters. The smallest absolute Gasteiger partial charge is 0.255 e. The molecule has 0 heterocycles. The first-order valence-electron chi connectivity index (χ1n) is 9.61. The van der Waals surface area contributed by atoms with Crippen LogP contribution in [-0.2, 0) is 11.3 Å². The number of anilines is 1. The molecule has 3 rings (SSSR count). The third-order valence-corrected chi connectivity index (χ3v) is 4.35. The van der Waals surface area contributed by atoms with E-state index < -0.39 is 0 Å². The molecule has 0 radical (unpaired) electrons. The summed E-state index contributed by atoms with van der Waals surface area (Å²) in [4.78, 5) is 24.9. The summed E-state index contributed by atoms with van der Waals surface area (Å²) in [5.41, 5.74) is 2.54. The molecule has 0 spiro atoms. The molecule has 30 heavy (non-hydrogen) atoms. The van der Waals surface area contributed by atoms with Crippen LogP contribution in [0.2, 0.25) is 0 Å². The summed E-state index contributed by atoms with van der Waals surface area (Å²) in [5, 5.41) is 5.70. The number of carbonyl (C=O) groups excluding carboxylic acids is 2. The van der Waals surface area contributed by atoms with Crippen molar-refractivity contribution >= 4 is 17.5 Å². The van der Waals surface area contributed by atoms with Crippen molar-refractivity contribution in [2.24, 2.45) is 0 Å². The minimum Gasteiger partial charge on any atom is -0.491 e. The zero-order valence-electron chi connectivity index (χ0n) is 16.8. The first-order valence-corrected chi connectivity index (χ1v) is 9.61. The van der Waals surface area contributed by atoms with Crippen LogP contribution in [0.4, 0.5) is 5.69 Å². The summed E-state index contributed by atoms with van der Waals surface area (Å²) in [6, 6.07) is 23.4. The predicted octanol–water partition coefficient (Wildman–Crippen LogP) is 3.89. The summed E-state index contributed by atoms with van der Waals surface area (Å²) in [5.74, 6) is 0.202. The average Bonchev–Trinajstić information content (AvgIpc) is 2.79. The Morgan fingerprint density at radius 2 is 1.57 bits per heavy atom. The molecule has 154 valence electrons. The Labute approximate surface area is 175 Å². The molecule has 3 aromatic rings. The van der Waals surface area contributed by atoms with E-state index in [-0.39, 0.29) is 11.8 Å². The van der Waals surface area contributed by atoms with Gasteiger partial charge in [-0.3, -0.25) is 9.59 Å². The van der Waals surface area contributed by atoms with Gasteiger partial charge in [-0.15, -0.1) is 0 Å². The fraction of sp³-hybridized carbons (Fsp3) is 0.167. The summed E-state index contributed by atoms with van der Waals surface area (Å²) in [7, 11) is 1.61. The van der Waals surface area contributed by atoms with E-state index in [1.807, 2.05) is 30.3 Å². The fourth-order valence-electron chi connectivity index (χ4n) is 2.77. The molecule has 2 N–H and O–H groups in total. The summed E-state index contributed by atoms with van der Waals surface area (Å²) >= 11 is 0. The Balaban J connectivity index is 1.57. The van der Waals surface area contributed by atoms with Crippen LogP contribution in [-0.4, -0.2) is 32.1 Å². The Morgan fingerprint density at radius 3 is 2.30 bits per heavy atom. The zero-order chi connectivity index (χ0) is 21.2. The number of carbonyl (C=O) groups is 2. The van der Waals surface area contributed by atoms with Crippen LogP contribution in [0.1, 0.15) is 26.3 Å². The third-order valence-electron chi connectivity index (χ3n) is 4.35. The molecular formula is C24H24N2O4. The van der Waals surface area contributed by atoms with Crippen LogP contribution >= 0.6 is 0 Å². The number of nitrogens with one attached hydrogen (secondary N) is 2.